The van der Waals surface area contributed by atoms with Gasteiger partial charge < -0.3 is 0 Å². The van der Waals surface area contributed by atoms with Crippen molar-refractivity contribution in [1.29, 1.82) is 0 Å². The van der Waals surface area contributed by atoms with Gasteiger partial charge in [-0.25, -0.2) is 9.97 Å². The van der Waals surface area contributed by atoms with E-state index >= 15 is 0 Å². The van der Waals surface area contributed by atoms with E-state index in [0.717, 1.165) is 23.7 Å². The molecule has 0 amide bonds. The lowest BCUT2D eigenvalue weighted by atomic mass is 10.0. The van der Waals surface area contributed by atoms with E-state index in [4.69, 9.17) is 0 Å². The van der Waals surface area contributed by atoms with Gasteiger partial charge >= 0.3 is 0 Å². The summed E-state index contributed by atoms with van der Waals surface area (Å²) in [5.41, 5.74) is 3.83. The highest BCUT2D eigenvalue weighted by atomic mass is 14.9. The molecule has 0 aliphatic rings. The molecule has 2 rings (SSSR count). The third-order valence-electron chi connectivity index (χ3n) is 6.98. The molecule has 1 aromatic carbocycles. The molecular weight excluding hydrogens is 412 g/mol. The highest BCUT2D eigenvalue weighted by molar-refractivity contribution is 5.55. The van der Waals surface area contributed by atoms with Crippen LogP contribution in [0.3, 0.4) is 0 Å². The van der Waals surface area contributed by atoms with Crippen molar-refractivity contribution < 1.29 is 0 Å². The van der Waals surface area contributed by atoms with Crippen LogP contribution in [-0.2, 0) is 12.8 Å². The monoisotopic (exact) mass is 464 g/mol. The number of rotatable bonds is 20. The summed E-state index contributed by atoms with van der Waals surface area (Å²) in [4.78, 5) is 9.30. The maximum absolute atomic E-state index is 4.65. The van der Waals surface area contributed by atoms with E-state index in [1.807, 2.05) is 12.4 Å². The first-order valence-corrected chi connectivity index (χ1v) is 14.6. The van der Waals surface area contributed by atoms with Crippen molar-refractivity contribution in [2.24, 2.45) is 5.92 Å². The van der Waals surface area contributed by atoms with Crippen molar-refractivity contribution in [3.63, 3.8) is 0 Å². The molecule has 190 valence electrons. The summed E-state index contributed by atoms with van der Waals surface area (Å²) in [6.45, 7) is 6.93. The fraction of sp³-hybridized carbons (Fsp3) is 0.688. The topological polar surface area (TPSA) is 25.8 Å². The minimum atomic E-state index is 0.850. The van der Waals surface area contributed by atoms with Gasteiger partial charge in [-0.1, -0.05) is 135 Å². The van der Waals surface area contributed by atoms with Crippen molar-refractivity contribution in [2.75, 3.05) is 0 Å². The van der Waals surface area contributed by atoms with Crippen molar-refractivity contribution in [1.82, 2.24) is 9.97 Å². The molecule has 2 heteroatoms. The lowest BCUT2D eigenvalue weighted by molar-refractivity contribution is 0.515. The largest absolute Gasteiger partial charge is 0.236 e. The molecule has 0 aliphatic carbocycles. The molecule has 0 saturated heterocycles. The van der Waals surface area contributed by atoms with Crippen LogP contribution in [0.5, 0.6) is 0 Å². The predicted octanol–water partition coefficient (Wildman–Crippen LogP) is 10.1. The fourth-order valence-electron chi connectivity index (χ4n) is 4.68. The third kappa shape index (κ3) is 13.3. The van der Waals surface area contributed by atoms with Gasteiger partial charge in [-0.15, -0.1) is 0 Å². The average Bonchev–Trinajstić information content (AvgIpc) is 2.85. The molecule has 1 aromatic heterocycles. The molecule has 2 aromatic rings. The van der Waals surface area contributed by atoms with E-state index < -0.39 is 0 Å². The van der Waals surface area contributed by atoms with E-state index in [-0.39, 0.29) is 0 Å². The second kappa shape index (κ2) is 18.6. The Bertz CT molecular complexity index is 718. The zero-order chi connectivity index (χ0) is 24.3. The van der Waals surface area contributed by atoms with Crippen molar-refractivity contribution in [3.8, 4) is 11.4 Å². The zero-order valence-electron chi connectivity index (χ0n) is 22.7. The molecule has 34 heavy (non-hydrogen) atoms. The highest BCUT2D eigenvalue weighted by Gasteiger charge is 2.03. The number of hydrogen-bond donors (Lipinski definition) is 0. The number of nitrogens with zero attached hydrogens (tertiary/aromatic N) is 2. The molecule has 0 bridgehead atoms. The van der Waals surface area contributed by atoms with Crippen LogP contribution in [0.4, 0.5) is 0 Å². The van der Waals surface area contributed by atoms with Gasteiger partial charge in [-0.05, 0) is 42.7 Å². The fourth-order valence-corrected chi connectivity index (χ4v) is 4.68. The van der Waals surface area contributed by atoms with Crippen LogP contribution < -0.4 is 0 Å². The molecule has 0 aliphatic heterocycles. The summed E-state index contributed by atoms with van der Waals surface area (Å²) in [6, 6.07) is 8.90. The van der Waals surface area contributed by atoms with Crippen molar-refractivity contribution in [2.45, 2.75) is 136 Å². The van der Waals surface area contributed by atoms with E-state index in [9.17, 15) is 0 Å². The van der Waals surface area contributed by atoms with E-state index in [1.165, 1.54) is 120 Å². The maximum atomic E-state index is 4.65. The van der Waals surface area contributed by atoms with Crippen molar-refractivity contribution >= 4 is 0 Å². The SMILES string of the molecule is CCCCCCCCCCCCc1cnc(-c2ccc(CCCCCCCC(C)C)cc2)nc1. The first kappa shape index (κ1) is 28.5. The van der Waals surface area contributed by atoms with Gasteiger partial charge in [0.25, 0.3) is 0 Å². The number of hydrogen-bond acceptors (Lipinski definition) is 2. The Morgan fingerprint density at radius 3 is 1.56 bits per heavy atom. The lowest BCUT2D eigenvalue weighted by Gasteiger charge is -2.06. The van der Waals surface area contributed by atoms with Crippen LogP contribution in [0.2, 0.25) is 0 Å². The summed E-state index contributed by atoms with van der Waals surface area (Å²) in [5, 5.41) is 0. The Labute approximate surface area is 211 Å². The molecule has 0 radical (unpaired) electrons. The Morgan fingerprint density at radius 1 is 0.559 bits per heavy atom. The van der Waals surface area contributed by atoms with Gasteiger partial charge in [-0.3, -0.25) is 0 Å². The van der Waals surface area contributed by atoms with Crippen LogP contribution >= 0.6 is 0 Å². The summed E-state index contributed by atoms with van der Waals surface area (Å²) < 4.78 is 0. The minimum absolute atomic E-state index is 0.850. The lowest BCUT2D eigenvalue weighted by Crippen LogP contribution is -1.94. The van der Waals surface area contributed by atoms with Crippen LogP contribution in [0.15, 0.2) is 36.7 Å². The summed E-state index contributed by atoms with van der Waals surface area (Å²) in [5.74, 6) is 1.70. The quantitative estimate of drug-likeness (QED) is 0.182. The summed E-state index contributed by atoms with van der Waals surface area (Å²) >= 11 is 0. The van der Waals surface area contributed by atoms with Gasteiger partial charge in [0.15, 0.2) is 5.82 Å². The van der Waals surface area contributed by atoms with Crippen LogP contribution in [0.25, 0.3) is 11.4 Å². The van der Waals surface area contributed by atoms with Crippen LogP contribution in [0.1, 0.15) is 135 Å². The van der Waals surface area contributed by atoms with Crippen molar-refractivity contribution in [3.05, 3.63) is 47.8 Å². The molecule has 2 nitrogen and oxygen atoms in total. The molecule has 0 fully saturated rings. The number of unbranched alkanes of at least 4 members (excludes halogenated alkanes) is 13. The van der Waals surface area contributed by atoms with E-state index in [1.54, 1.807) is 0 Å². The van der Waals surface area contributed by atoms with E-state index in [0.29, 0.717) is 0 Å². The van der Waals surface area contributed by atoms with Gasteiger partial charge in [0, 0.05) is 18.0 Å². The standard InChI is InChI=1S/C32H52N2/c1-4-5-6-7-8-9-10-11-14-18-21-30-26-33-32(34-27-30)31-24-22-29(23-25-31)20-17-15-12-13-16-19-28(2)3/h22-28H,4-21H2,1-3H3. The third-order valence-corrected chi connectivity index (χ3v) is 6.98. The maximum Gasteiger partial charge on any atom is 0.159 e. The average molecular weight is 465 g/mol. The molecule has 0 unspecified atom stereocenters. The highest BCUT2D eigenvalue weighted by Crippen LogP contribution is 2.18. The molecule has 0 spiro atoms. The van der Waals surface area contributed by atoms with Gasteiger partial charge in [0.1, 0.15) is 0 Å². The van der Waals surface area contributed by atoms with Crippen LogP contribution in [0, 0.1) is 5.92 Å². The Balaban J connectivity index is 1.57. The predicted molar refractivity (Wildman–Crippen MR) is 149 cm³/mol. The van der Waals surface area contributed by atoms with Gasteiger partial charge in [-0.2, -0.15) is 0 Å². The second-order valence-electron chi connectivity index (χ2n) is 10.7. The van der Waals surface area contributed by atoms with Crippen LogP contribution in [-0.4, -0.2) is 9.97 Å². The molecule has 0 atom stereocenters. The van der Waals surface area contributed by atoms with Gasteiger partial charge in [0.2, 0.25) is 0 Å². The first-order chi connectivity index (χ1) is 16.7. The minimum Gasteiger partial charge on any atom is -0.236 e. The molecular formula is C32H52N2. The Morgan fingerprint density at radius 2 is 1.03 bits per heavy atom. The normalized spacial score (nSPS) is 11.4. The zero-order valence-corrected chi connectivity index (χ0v) is 22.7. The molecule has 0 saturated carbocycles. The Hall–Kier alpha value is -1.70. The summed E-state index contributed by atoms with van der Waals surface area (Å²) in [7, 11) is 0. The smallest absolute Gasteiger partial charge is 0.159 e. The number of aromatic nitrogens is 2. The first-order valence-electron chi connectivity index (χ1n) is 14.6. The van der Waals surface area contributed by atoms with Gasteiger partial charge in [0.05, 0.1) is 0 Å². The number of aryl methyl sites for hydroxylation is 2. The number of benzene rings is 1. The Kier molecular flexibility index (Phi) is 15.6. The second-order valence-corrected chi connectivity index (χ2v) is 10.7. The summed E-state index contributed by atoms with van der Waals surface area (Å²) in [6.07, 6.45) is 28.3. The molecule has 1 heterocycles. The molecule has 0 N–H and O–H groups in total. The van der Waals surface area contributed by atoms with E-state index in [2.05, 4.69) is 55.0 Å².